The van der Waals surface area contributed by atoms with Gasteiger partial charge in [0.1, 0.15) is 6.61 Å². The molecule has 2 aromatic heterocycles. The molecule has 1 aliphatic rings. The van der Waals surface area contributed by atoms with E-state index in [4.69, 9.17) is 14.5 Å². The Bertz CT molecular complexity index is 771. The number of imidazole rings is 1. The predicted molar refractivity (Wildman–Crippen MR) is 128 cm³/mol. The zero-order valence-electron chi connectivity index (χ0n) is 18.0. The second kappa shape index (κ2) is 12.7. The summed E-state index contributed by atoms with van der Waals surface area (Å²) < 4.78 is 13.0. The zero-order valence-corrected chi connectivity index (χ0v) is 20.4. The standard InChI is InChI=1S/C21H32N6O2.HI/c1-4-23-21(25-14-18-6-5-8-24-20(18)29-13-12-28-3)26-10-7-17(2)19(15-26)27-11-9-22-16-27;/h5-6,8-9,11,16-17,19H,4,7,10,12-15H2,1-3H3,(H,23,25);1H. The van der Waals surface area contributed by atoms with E-state index in [0.717, 1.165) is 37.6 Å². The summed E-state index contributed by atoms with van der Waals surface area (Å²) in [5.74, 6) is 2.14. The average Bonchev–Trinajstić information content (AvgIpc) is 3.27. The normalized spacial score (nSPS) is 19.3. The number of aromatic nitrogens is 3. The summed E-state index contributed by atoms with van der Waals surface area (Å²) in [6.07, 6.45) is 8.66. The van der Waals surface area contributed by atoms with E-state index in [9.17, 15) is 0 Å². The number of hydrogen-bond acceptors (Lipinski definition) is 5. The second-order valence-electron chi connectivity index (χ2n) is 7.27. The van der Waals surface area contributed by atoms with Crippen molar-refractivity contribution in [3.8, 4) is 5.88 Å². The molecule has 2 atom stereocenters. The lowest BCUT2D eigenvalue weighted by atomic mass is 9.93. The van der Waals surface area contributed by atoms with Crippen LogP contribution in [-0.2, 0) is 11.3 Å². The van der Waals surface area contributed by atoms with Crippen molar-refractivity contribution in [3.63, 3.8) is 0 Å². The fourth-order valence-corrected chi connectivity index (χ4v) is 3.58. The molecular formula is C21H33IN6O2. The second-order valence-corrected chi connectivity index (χ2v) is 7.27. The van der Waals surface area contributed by atoms with Gasteiger partial charge in [-0.05, 0) is 25.3 Å². The minimum absolute atomic E-state index is 0. The molecule has 1 N–H and O–H groups in total. The number of piperidine rings is 1. The first kappa shape index (κ1) is 24.4. The number of nitrogens with one attached hydrogen (secondary N) is 1. The molecular weight excluding hydrogens is 495 g/mol. The summed E-state index contributed by atoms with van der Waals surface area (Å²) in [6.45, 7) is 8.65. The molecule has 30 heavy (non-hydrogen) atoms. The number of guanidine groups is 1. The Labute approximate surface area is 196 Å². The quantitative estimate of drug-likeness (QED) is 0.246. The number of rotatable bonds is 8. The number of methoxy groups -OCH3 is 1. The smallest absolute Gasteiger partial charge is 0.218 e. The van der Waals surface area contributed by atoms with Gasteiger partial charge in [-0.15, -0.1) is 24.0 Å². The van der Waals surface area contributed by atoms with Crippen LogP contribution in [0.3, 0.4) is 0 Å². The monoisotopic (exact) mass is 528 g/mol. The lowest BCUT2D eigenvalue weighted by Crippen LogP contribution is -2.49. The maximum atomic E-state index is 5.75. The van der Waals surface area contributed by atoms with E-state index in [2.05, 4.69) is 38.6 Å². The molecule has 0 saturated carbocycles. The van der Waals surface area contributed by atoms with Crippen LogP contribution in [0.15, 0.2) is 42.0 Å². The molecule has 0 spiro atoms. The summed E-state index contributed by atoms with van der Waals surface area (Å²) >= 11 is 0. The Morgan fingerprint density at radius 3 is 2.93 bits per heavy atom. The summed E-state index contributed by atoms with van der Waals surface area (Å²) in [7, 11) is 1.66. The highest BCUT2D eigenvalue weighted by Crippen LogP contribution is 2.27. The lowest BCUT2D eigenvalue weighted by Gasteiger charge is -2.39. The van der Waals surface area contributed by atoms with Gasteiger partial charge in [0, 0.05) is 50.9 Å². The third-order valence-corrected chi connectivity index (χ3v) is 5.24. The molecule has 8 nitrogen and oxygen atoms in total. The van der Waals surface area contributed by atoms with Crippen LogP contribution in [0.25, 0.3) is 0 Å². The van der Waals surface area contributed by atoms with Crippen LogP contribution >= 0.6 is 24.0 Å². The van der Waals surface area contributed by atoms with Gasteiger partial charge in [0.15, 0.2) is 5.96 Å². The fourth-order valence-electron chi connectivity index (χ4n) is 3.58. The summed E-state index contributed by atoms with van der Waals surface area (Å²) in [5.41, 5.74) is 0.968. The number of nitrogens with zero attached hydrogens (tertiary/aromatic N) is 5. The first-order valence-electron chi connectivity index (χ1n) is 10.3. The van der Waals surface area contributed by atoms with Gasteiger partial charge < -0.3 is 24.3 Å². The molecule has 0 aromatic carbocycles. The molecule has 1 aliphatic heterocycles. The van der Waals surface area contributed by atoms with E-state index in [1.54, 1.807) is 13.3 Å². The van der Waals surface area contributed by atoms with Crippen LogP contribution in [0.2, 0.25) is 0 Å². The fraction of sp³-hybridized carbons (Fsp3) is 0.571. The van der Waals surface area contributed by atoms with Gasteiger partial charge in [-0.25, -0.2) is 15.0 Å². The molecule has 3 heterocycles. The van der Waals surface area contributed by atoms with Gasteiger partial charge in [0.25, 0.3) is 0 Å². The average molecular weight is 528 g/mol. The van der Waals surface area contributed by atoms with Crippen LogP contribution in [-0.4, -0.2) is 65.4 Å². The molecule has 3 rings (SSSR count). The van der Waals surface area contributed by atoms with E-state index in [-0.39, 0.29) is 24.0 Å². The maximum Gasteiger partial charge on any atom is 0.218 e. The highest BCUT2D eigenvalue weighted by molar-refractivity contribution is 14.0. The van der Waals surface area contributed by atoms with Crippen molar-refractivity contribution in [2.45, 2.75) is 32.9 Å². The topological polar surface area (TPSA) is 76.8 Å². The molecule has 1 saturated heterocycles. The minimum Gasteiger partial charge on any atom is -0.475 e. The Morgan fingerprint density at radius 2 is 2.20 bits per heavy atom. The molecule has 0 bridgehead atoms. The largest absolute Gasteiger partial charge is 0.475 e. The van der Waals surface area contributed by atoms with Crippen LogP contribution in [0.4, 0.5) is 0 Å². The van der Waals surface area contributed by atoms with Crippen molar-refractivity contribution < 1.29 is 9.47 Å². The van der Waals surface area contributed by atoms with Gasteiger partial charge in [-0.2, -0.15) is 0 Å². The Balaban J connectivity index is 0.00000320. The highest BCUT2D eigenvalue weighted by atomic mass is 127. The first-order chi connectivity index (χ1) is 14.2. The summed E-state index contributed by atoms with van der Waals surface area (Å²) in [4.78, 5) is 15.8. The van der Waals surface area contributed by atoms with Crippen molar-refractivity contribution in [3.05, 3.63) is 42.6 Å². The number of likely N-dealkylation sites (tertiary alicyclic amines) is 1. The Hall–Kier alpha value is -1.88. The van der Waals surface area contributed by atoms with Gasteiger partial charge in [0.2, 0.25) is 5.88 Å². The number of aliphatic imine (C=N–C) groups is 1. The van der Waals surface area contributed by atoms with E-state index in [1.807, 2.05) is 30.9 Å². The van der Waals surface area contributed by atoms with Crippen LogP contribution < -0.4 is 10.1 Å². The van der Waals surface area contributed by atoms with E-state index in [1.165, 1.54) is 0 Å². The van der Waals surface area contributed by atoms with Gasteiger partial charge in [-0.1, -0.05) is 13.0 Å². The highest BCUT2D eigenvalue weighted by Gasteiger charge is 2.28. The third kappa shape index (κ3) is 6.56. The molecule has 1 fully saturated rings. The first-order valence-corrected chi connectivity index (χ1v) is 10.3. The Morgan fingerprint density at radius 1 is 1.33 bits per heavy atom. The molecule has 0 amide bonds. The number of pyridine rings is 1. The van der Waals surface area contributed by atoms with Crippen LogP contribution in [0.1, 0.15) is 31.9 Å². The number of ether oxygens (including phenoxy) is 2. The summed E-state index contributed by atoms with van der Waals surface area (Å²) in [6, 6.07) is 4.31. The van der Waals surface area contributed by atoms with Gasteiger partial charge in [0.05, 0.1) is 25.5 Å². The molecule has 2 aromatic rings. The number of hydrogen-bond donors (Lipinski definition) is 1. The van der Waals surface area contributed by atoms with Crippen molar-refractivity contribution in [2.24, 2.45) is 10.9 Å². The van der Waals surface area contributed by atoms with Gasteiger partial charge in [-0.3, -0.25) is 0 Å². The minimum atomic E-state index is 0. The zero-order chi connectivity index (χ0) is 20.5. The van der Waals surface area contributed by atoms with Crippen LogP contribution in [0.5, 0.6) is 5.88 Å². The molecule has 9 heteroatoms. The Kier molecular flexibility index (Phi) is 10.4. The maximum absolute atomic E-state index is 5.75. The van der Waals surface area contributed by atoms with E-state index >= 15 is 0 Å². The number of halogens is 1. The van der Waals surface area contributed by atoms with E-state index in [0.29, 0.717) is 37.6 Å². The SMILES string of the molecule is CCNC(=NCc1cccnc1OCCOC)N1CCC(C)C(n2ccnc2)C1.I. The van der Waals surface area contributed by atoms with Crippen molar-refractivity contribution in [1.29, 1.82) is 0 Å². The molecule has 2 unspecified atom stereocenters. The lowest BCUT2D eigenvalue weighted by molar-refractivity contribution is 0.143. The third-order valence-electron chi connectivity index (χ3n) is 5.24. The molecule has 166 valence electrons. The van der Waals surface area contributed by atoms with Crippen molar-refractivity contribution >= 4 is 29.9 Å². The predicted octanol–water partition coefficient (Wildman–Crippen LogP) is 2.97. The van der Waals surface area contributed by atoms with Gasteiger partial charge >= 0.3 is 0 Å². The van der Waals surface area contributed by atoms with Crippen LogP contribution in [0, 0.1) is 5.92 Å². The van der Waals surface area contributed by atoms with Crippen molar-refractivity contribution in [2.75, 3.05) is 40.0 Å². The van der Waals surface area contributed by atoms with E-state index < -0.39 is 0 Å². The molecule has 0 radical (unpaired) electrons. The summed E-state index contributed by atoms with van der Waals surface area (Å²) in [5, 5.41) is 3.44. The molecule has 0 aliphatic carbocycles. The van der Waals surface area contributed by atoms with Crippen molar-refractivity contribution in [1.82, 2.24) is 24.8 Å².